The van der Waals surface area contributed by atoms with Gasteiger partial charge in [0.2, 0.25) is 11.7 Å². The van der Waals surface area contributed by atoms with Gasteiger partial charge in [0.1, 0.15) is 0 Å². The zero-order valence-electron chi connectivity index (χ0n) is 14.0. The number of ketones is 1. The second-order valence-corrected chi connectivity index (χ2v) is 7.05. The largest absolute Gasteiger partial charge is 0.344 e. The van der Waals surface area contributed by atoms with Gasteiger partial charge in [0.05, 0.1) is 6.04 Å². The molecule has 2 rings (SSSR count). The number of likely N-dealkylation sites (tertiary alicyclic amines) is 1. The van der Waals surface area contributed by atoms with Crippen LogP contribution in [0.4, 0.5) is 0 Å². The Morgan fingerprint density at radius 3 is 2.79 bits per heavy atom. The fourth-order valence-corrected chi connectivity index (χ4v) is 2.98. The number of rotatable bonds is 7. The summed E-state index contributed by atoms with van der Waals surface area (Å²) in [6, 6.07) is 7.25. The van der Waals surface area contributed by atoms with Gasteiger partial charge in [0, 0.05) is 31.0 Å². The molecule has 0 bridgehead atoms. The van der Waals surface area contributed by atoms with Gasteiger partial charge in [0.25, 0.3) is 5.91 Å². The van der Waals surface area contributed by atoms with E-state index in [1.807, 2.05) is 38.1 Å². The molecule has 6 heteroatoms. The maximum Gasteiger partial charge on any atom is 0.287 e. The normalized spacial score (nSPS) is 17.4. The van der Waals surface area contributed by atoms with E-state index in [4.69, 9.17) is 11.6 Å². The standard InChI is InChI=1S/C18H23ClN2O3/c1-12(2)8-16(22)18(24)20-15-10-17(23)21(11-15)7-6-13-4-3-5-14(19)9-13/h3-5,9,12,15H,6-8,10-11H2,1-2H3,(H,20,24). The number of carbonyl (C=O) groups excluding carboxylic acids is 3. The fourth-order valence-electron chi connectivity index (χ4n) is 2.77. The number of Topliss-reactive ketones (excluding diaryl/α,β-unsaturated/α-hetero) is 1. The van der Waals surface area contributed by atoms with Crippen LogP contribution in [0, 0.1) is 5.92 Å². The summed E-state index contributed by atoms with van der Waals surface area (Å²) in [6.45, 7) is 4.80. The van der Waals surface area contributed by atoms with Crippen LogP contribution in [-0.2, 0) is 20.8 Å². The summed E-state index contributed by atoms with van der Waals surface area (Å²) in [5.74, 6) is -0.866. The Labute approximate surface area is 147 Å². The molecule has 5 nitrogen and oxygen atoms in total. The summed E-state index contributed by atoms with van der Waals surface area (Å²) in [4.78, 5) is 37.4. The minimum atomic E-state index is -0.585. The molecule has 24 heavy (non-hydrogen) atoms. The molecule has 1 atom stereocenters. The van der Waals surface area contributed by atoms with E-state index in [0.717, 1.165) is 5.56 Å². The Hall–Kier alpha value is -1.88. The van der Waals surface area contributed by atoms with Gasteiger partial charge in [-0.1, -0.05) is 37.6 Å². The molecule has 1 unspecified atom stereocenters. The van der Waals surface area contributed by atoms with Gasteiger partial charge < -0.3 is 10.2 Å². The van der Waals surface area contributed by atoms with Crippen LogP contribution >= 0.6 is 11.6 Å². The lowest BCUT2D eigenvalue weighted by Crippen LogP contribution is -2.41. The van der Waals surface area contributed by atoms with Gasteiger partial charge in [-0.05, 0) is 30.0 Å². The van der Waals surface area contributed by atoms with E-state index < -0.39 is 11.7 Å². The van der Waals surface area contributed by atoms with Crippen LogP contribution in [-0.4, -0.2) is 41.6 Å². The molecular weight excluding hydrogens is 328 g/mol. The van der Waals surface area contributed by atoms with Crippen LogP contribution in [0.3, 0.4) is 0 Å². The van der Waals surface area contributed by atoms with Crippen LogP contribution in [0.15, 0.2) is 24.3 Å². The maximum absolute atomic E-state index is 12.1. The van der Waals surface area contributed by atoms with Crippen molar-refractivity contribution in [3.05, 3.63) is 34.9 Å². The highest BCUT2D eigenvalue weighted by Gasteiger charge is 2.31. The van der Waals surface area contributed by atoms with Crippen LogP contribution in [0.25, 0.3) is 0 Å². The van der Waals surface area contributed by atoms with Gasteiger partial charge in [-0.15, -0.1) is 0 Å². The Kier molecular flexibility index (Phi) is 6.37. The van der Waals surface area contributed by atoms with E-state index in [1.54, 1.807) is 4.90 Å². The maximum atomic E-state index is 12.1. The average Bonchev–Trinajstić information content (AvgIpc) is 2.84. The third-order valence-electron chi connectivity index (χ3n) is 3.96. The fraction of sp³-hybridized carbons (Fsp3) is 0.500. The minimum Gasteiger partial charge on any atom is -0.344 e. The first-order valence-corrected chi connectivity index (χ1v) is 8.59. The molecule has 1 aromatic rings. The molecule has 0 spiro atoms. The van der Waals surface area contributed by atoms with Gasteiger partial charge >= 0.3 is 0 Å². The number of amides is 2. The Morgan fingerprint density at radius 2 is 2.12 bits per heavy atom. The number of hydrogen-bond acceptors (Lipinski definition) is 3. The second kappa shape index (κ2) is 8.29. The third-order valence-corrected chi connectivity index (χ3v) is 4.19. The zero-order chi connectivity index (χ0) is 17.7. The van der Waals surface area contributed by atoms with Crippen molar-refractivity contribution in [2.75, 3.05) is 13.1 Å². The van der Waals surface area contributed by atoms with E-state index in [0.29, 0.717) is 24.5 Å². The molecule has 0 saturated carbocycles. The molecule has 1 fully saturated rings. The summed E-state index contributed by atoms with van der Waals surface area (Å²) in [7, 11) is 0. The Morgan fingerprint density at radius 1 is 1.38 bits per heavy atom. The molecule has 1 aliphatic heterocycles. The highest BCUT2D eigenvalue weighted by atomic mass is 35.5. The SMILES string of the molecule is CC(C)CC(=O)C(=O)NC1CC(=O)N(CCc2cccc(Cl)c2)C1. The molecular formula is C18H23ClN2O3. The van der Waals surface area contributed by atoms with Crippen molar-refractivity contribution in [1.29, 1.82) is 0 Å². The van der Waals surface area contributed by atoms with Crippen LogP contribution in [0.5, 0.6) is 0 Å². The van der Waals surface area contributed by atoms with Crippen LogP contribution in [0.1, 0.15) is 32.3 Å². The van der Waals surface area contributed by atoms with Gasteiger partial charge in [-0.25, -0.2) is 0 Å². The topological polar surface area (TPSA) is 66.5 Å². The van der Waals surface area contributed by atoms with Crippen molar-refractivity contribution in [2.24, 2.45) is 5.92 Å². The highest BCUT2D eigenvalue weighted by Crippen LogP contribution is 2.15. The van der Waals surface area contributed by atoms with E-state index in [-0.39, 0.29) is 30.7 Å². The van der Waals surface area contributed by atoms with Gasteiger partial charge in [0.15, 0.2) is 0 Å². The first-order chi connectivity index (χ1) is 11.3. The van der Waals surface area contributed by atoms with Crippen LogP contribution in [0.2, 0.25) is 5.02 Å². The molecule has 1 aromatic carbocycles. The van der Waals surface area contributed by atoms with E-state index in [1.165, 1.54) is 0 Å². The van der Waals surface area contributed by atoms with Gasteiger partial charge in [-0.3, -0.25) is 14.4 Å². The molecule has 0 radical (unpaired) electrons. The zero-order valence-corrected chi connectivity index (χ0v) is 14.8. The van der Waals surface area contributed by atoms with Crippen molar-refractivity contribution >= 4 is 29.2 Å². The molecule has 0 aromatic heterocycles. The predicted molar refractivity (Wildman–Crippen MR) is 92.7 cm³/mol. The number of nitrogens with one attached hydrogen (secondary N) is 1. The predicted octanol–water partition coefficient (Wildman–Crippen LogP) is 2.21. The number of hydrogen-bond donors (Lipinski definition) is 1. The summed E-state index contributed by atoms with van der Waals surface area (Å²) in [6.07, 6.45) is 1.18. The second-order valence-electron chi connectivity index (χ2n) is 6.62. The molecule has 0 aliphatic carbocycles. The molecule has 1 heterocycles. The van der Waals surface area contributed by atoms with Crippen LogP contribution < -0.4 is 5.32 Å². The first-order valence-electron chi connectivity index (χ1n) is 8.21. The van der Waals surface area contributed by atoms with Crippen molar-refractivity contribution in [3.63, 3.8) is 0 Å². The third kappa shape index (κ3) is 5.34. The molecule has 1 aliphatic rings. The molecule has 2 amide bonds. The summed E-state index contributed by atoms with van der Waals surface area (Å²) in [5, 5.41) is 3.35. The summed E-state index contributed by atoms with van der Waals surface area (Å²) in [5.41, 5.74) is 1.06. The highest BCUT2D eigenvalue weighted by molar-refractivity contribution is 6.36. The molecule has 130 valence electrons. The average molecular weight is 351 g/mol. The van der Waals surface area contributed by atoms with Gasteiger partial charge in [-0.2, -0.15) is 0 Å². The van der Waals surface area contributed by atoms with E-state index in [2.05, 4.69) is 5.32 Å². The van der Waals surface area contributed by atoms with E-state index >= 15 is 0 Å². The number of nitrogens with zero attached hydrogens (tertiary/aromatic N) is 1. The Bertz CT molecular complexity index is 630. The smallest absolute Gasteiger partial charge is 0.287 e. The van der Waals surface area contributed by atoms with Crippen molar-refractivity contribution < 1.29 is 14.4 Å². The summed E-state index contributed by atoms with van der Waals surface area (Å²) < 4.78 is 0. The quantitative estimate of drug-likeness (QED) is 0.767. The molecule has 1 N–H and O–H groups in total. The number of benzene rings is 1. The van der Waals surface area contributed by atoms with E-state index in [9.17, 15) is 14.4 Å². The summed E-state index contributed by atoms with van der Waals surface area (Å²) >= 11 is 5.95. The first kappa shape index (κ1) is 18.5. The molecule has 1 saturated heterocycles. The lowest BCUT2D eigenvalue weighted by Gasteiger charge is -2.17. The van der Waals surface area contributed by atoms with Crippen molar-refractivity contribution in [2.45, 2.75) is 39.2 Å². The monoisotopic (exact) mass is 350 g/mol. The lowest BCUT2D eigenvalue weighted by molar-refractivity contribution is -0.138. The van der Waals surface area contributed by atoms with Crippen molar-refractivity contribution in [1.82, 2.24) is 10.2 Å². The number of carbonyl (C=O) groups is 3. The lowest BCUT2D eigenvalue weighted by atomic mass is 10.1. The van der Waals surface area contributed by atoms with Crippen molar-refractivity contribution in [3.8, 4) is 0 Å². The minimum absolute atomic E-state index is 0.00126. The Balaban J connectivity index is 1.82. The number of halogens is 1.